The highest BCUT2D eigenvalue weighted by Gasteiger charge is 2.06. The van der Waals surface area contributed by atoms with Crippen molar-refractivity contribution in [1.82, 2.24) is 9.97 Å². The van der Waals surface area contributed by atoms with Crippen molar-refractivity contribution in [2.24, 2.45) is 0 Å². The summed E-state index contributed by atoms with van der Waals surface area (Å²) in [4.78, 5) is 21.2. The molecule has 0 unspecified atom stereocenters. The Balaban J connectivity index is 1.38. The van der Waals surface area contributed by atoms with Crippen LogP contribution in [0.25, 0.3) is 11.0 Å². The van der Waals surface area contributed by atoms with Gasteiger partial charge in [-0.1, -0.05) is 30.3 Å². The molecule has 0 aliphatic carbocycles. The molecule has 0 aliphatic heterocycles. The van der Waals surface area contributed by atoms with Crippen molar-refractivity contribution in [3.05, 3.63) is 82.3 Å². The van der Waals surface area contributed by atoms with Crippen LogP contribution < -0.4 is 5.32 Å². The number of thiophene rings is 1. The fraction of sp³-hybridized carbons (Fsp3) is 0.143. The Kier molecular flexibility index (Phi) is 4.80. The first-order valence-corrected chi connectivity index (χ1v) is 9.49. The third-order valence-corrected chi connectivity index (χ3v) is 5.09. The van der Waals surface area contributed by atoms with E-state index in [1.54, 1.807) is 11.3 Å². The van der Waals surface area contributed by atoms with E-state index in [0.29, 0.717) is 6.42 Å². The Hall–Kier alpha value is -2.92. The van der Waals surface area contributed by atoms with Gasteiger partial charge in [-0.2, -0.15) is 0 Å². The molecule has 4 aromatic rings. The SMILES string of the molecule is O=C(Cc1cccs1)Nc1cccc(CCc2nc3ccccc3[nH]2)c1. The first-order chi connectivity index (χ1) is 12.8. The zero-order chi connectivity index (χ0) is 17.8. The van der Waals surface area contributed by atoms with E-state index in [4.69, 9.17) is 0 Å². The lowest BCUT2D eigenvalue weighted by Crippen LogP contribution is -2.13. The number of amides is 1. The molecule has 0 atom stereocenters. The Bertz CT molecular complexity index is 988. The summed E-state index contributed by atoms with van der Waals surface area (Å²) in [5.74, 6) is 1.00. The second-order valence-electron chi connectivity index (χ2n) is 6.21. The number of aromatic amines is 1. The van der Waals surface area contributed by atoms with Crippen LogP contribution in [0.5, 0.6) is 0 Å². The summed E-state index contributed by atoms with van der Waals surface area (Å²) in [6.07, 6.45) is 2.12. The molecule has 4 rings (SSSR count). The normalized spacial score (nSPS) is 10.9. The van der Waals surface area contributed by atoms with E-state index in [9.17, 15) is 4.79 Å². The minimum atomic E-state index is 0.0156. The molecule has 0 radical (unpaired) electrons. The Morgan fingerprint density at radius 3 is 2.81 bits per heavy atom. The van der Waals surface area contributed by atoms with Crippen molar-refractivity contribution in [2.45, 2.75) is 19.3 Å². The lowest BCUT2D eigenvalue weighted by molar-refractivity contribution is -0.115. The molecular weight excluding hydrogens is 342 g/mol. The third kappa shape index (κ3) is 4.00. The second kappa shape index (κ2) is 7.54. The molecule has 4 nitrogen and oxygen atoms in total. The number of para-hydroxylation sites is 2. The monoisotopic (exact) mass is 361 g/mol. The van der Waals surface area contributed by atoms with Gasteiger partial charge in [0.25, 0.3) is 0 Å². The number of carbonyl (C=O) groups is 1. The van der Waals surface area contributed by atoms with Crippen molar-refractivity contribution in [3.63, 3.8) is 0 Å². The Morgan fingerprint density at radius 1 is 1.04 bits per heavy atom. The molecule has 0 spiro atoms. The smallest absolute Gasteiger partial charge is 0.229 e. The topological polar surface area (TPSA) is 57.8 Å². The van der Waals surface area contributed by atoms with E-state index < -0.39 is 0 Å². The van der Waals surface area contributed by atoms with Crippen LogP contribution in [0.1, 0.15) is 16.3 Å². The number of aryl methyl sites for hydroxylation is 2. The van der Waals surface area contributed by atoms with Gasteiger partial charge >= 0.3 is 0 Å². The average molecular weight is 361 g/mol. The number of imidazole rings is 1. The van der Waals surface area contributed by atoms with Crippen LogP contribution in [0.2, 0.25) is 0 Å². The van der Waals surface area contributed by atoms with Gasteiger partial charge in [0.05, 0.1) is 17.5 Å². The van der Waals surface area contributed by atoms with E-state index in [1.807, 2.05) is 60.0 Å². The van der Waals surface area contributed by atoms with Gasteiger partial charge in [0, 0.05) is 17.0 Å². The highest BCUT2D eigenvalue weighted by atomic mass is 32.1. The standard InChI is InChI=1S/C21H19N3OS/c25-21(14-17-7-4-12-26-17)22-16-6-3-5-15(13-16)10-11-20-23-18-8-1-2-9-19(18)24-20/h1-9,12-13H,10-11,14H2,(H,22,25)(H,23,24). The zero-order valence-corrected chi connectivity index (χ0v) is 15.1. The zero-order valence-electron chi connectivity index (χ0n) is 14.2. The maximum absolute atomic E-state index is 12.2. The van der Waals surface area contributed by atoms with Gasteiger partial charge in [0.2, 0.25) is 5.91 Å². The molecular formula is C21H19N3OS. The lowest BCUT2D eigenvalue weighted by atomic mass is 10.1. The molecule has 130 valence electrons. The molecule has 5 heteroatoms. The first-order valence-electron chi connectivity index (χ1n) is 8.61. The van der Waals surface area contributed by atoms with E-state index >= 15 is 0 Å². The van der Waals surface area contributed by atoms with E-state index in [0.717, 1.165) is 40.3 Å². The molecule has 2 heterocycles. The van der Waals surface area contributed by atoms with Crippen molar-refractivity contribution in [1.29, 1.82) is 0 Å². The molecule has 0 saturated heterocycles. The third-order valence-electron chi connectivity index (χ3n) is 4.21. The number of fused-ring (bicyclic) bond motifs is 1. The Labute approximate surface area is 155 Å². The number of hydrogen-bond acceptors (Lipinski definition) is 3. The second-order valence-corrected chi connectivity index (χ2v) is 7.24. The molecule has 26 heavy (non-hydrogen) atoms. The highest BCUT2D eigenvalue weighted by Crippen LogP contribution is 2.16. The van der Waals surface area contributed by atoms with Crippen LogP contribution in [0.15, 0.2) is 66.0 Å². The van der Waals surface area contributed by atoms with Gasteiger partial charge in [-0.05, 0) is 47.7 Å². The summed E-state index contributed by atoms with van der Waals surface area (Å²) in [6.45, 7) is 0. The van der Waals surface area contributed by atoms with Crippen LogP contribution >= 0.6 is 11.3 Å². The van der Waals surface area contributed by atoms with Gasteiger partial charge in [-0.3, -0.25) is 4.79 Å². The van der Waals surface area contributed by atoms with E-state index in [2.05, 4.69) is 21.4 Å². The van der Waals surface area contributed by atoms with Gasteiger partial charge < -0.3 is 10.3 Å². The molecule has 2 N–H and O–H groups in total. The van der Waals surface area contributed by atoms with Crippen molar-refractivity contribution < 1.29 is 4.79 Å². The average Bonchev–Trinajstić information content (AvgIpc) is 3.29. The van der Waals surface area contributed by atoms with Gasteiger partial charge in [0.15, 0.2) is 0 Å². The van der Waals surface area contributed by atoms with Crippen LogP contribution in [-0.2, 0) is 24.1 Å². The fourth-order valence-electron chi connectivity index (χ4n) is 2.97. The number of carbonyl (C=O) groups excluding carboxylic acids is 1. The summed E-state index contributed by atoms with van der Waals surface area (Å²) in [7, 11) is 0. The highest BCUT2D eigenvalue weighted by molar-refractivity contribution is 7.10. The van der Waals surface area contributed by atoms with Crippen LogP contribution in [-0.4, -0.2) is 15.9 Å². The Morgan fingerprint density at radius 2 is 1.96 bits per heavy atom. The summed E-state index contributed by atoms with van der Waals surface area (Å²) in [5, 5.41) is 4.97. The quantitative estimate of drug-likeness (QED) is 0.528. The number of hydrogen-bond donors (Lipinski definition) is 2. The number of rotatable bonds is 6. The molecule has 0 aliphatic rings. The maximum atomic E-state index is 12.2. The van der Waals surface area contributed by atoms with E-state index in [1.165, 1.54) is 5.56 Å². The number of aromatic nitrogens is 2. The number of nitrogens with one attached hydrogen (secondary N) is 2. The summed E-state index contributed by atoms with van der Waals surface area (Å²) < 4.78 is 0. The summed E-state index contributed by atoms with van der Waals surface area (Å²) in [5.41, 5.74) is 4.09. The summed E-state index contributed by atoms with van der Waals surface area (Å²) >= 11 is 1.60. The lowest BCUT2D eigenvalue weighted by Gasteiger charge is -2.07. The minimum absolute atomic E-state index is 0.0156. The minimum Gasteiger partial charge on any atom is -0.342 e. The van der Waals surface area contributed by atoms with Crippen molar-refractivity contribution in [2.75, 3.05) is 5.32 Å². The van der Waals surface area contributed by atoms with Gasteiger partial charge in [-0.25, -0.2) is 4.98 Å². The van der Waals surface area contributed by atoms with Crippen molar-refractivity contribution >= 4 is 34.0 Å². The predicted molar refractivity (Wildman–Crippen MR) is 107 cm³/mol. The molecule has 2 aromatic carbocycles. The molecule has 0 bridgehead atoms. The largest absolute Gasteiger partial charge is 0.342 e. The summed E-state index contributed by atoms with van der Waals surface area (Å²) in [6, 6.07) is 20.0. The van der Waals surface area contributed by atoms with Gasteiger partial charge in [-0.15, -0.1) is 11.3 Å². The molecule has 0 fully saturated rings. The van der Waals surface area contributed by atoms with E-state index in [-0.39, 0.29) is 5.91 Å². The number of H-pyrrole nitrogens is 1. The number of benzene rings is 2. The fourth-order valence-corrected chi connectivity index (χ4v) is 3.67. The van der Waals surface area contributed by atoms with Crippen LogP contribution in [0.4, 0.5) is 5.69 Å². The number of nitrogens with zero attached hydrogens (tertiary/aromatic N) is 1. The van der Waals surface area contributed by atoms with Crippen LogP contribution in [0.3, 0.4) is 0 Å². The number of anilines is 1. The van der Waals surface area contributed by atoms with Crippen LogP contribution in [0, 0.1) is 0 Å². The maximum Gasteiger partial charge on any atom is 0.229 e. The molecule has 1 amide bonds. The molecule has 2 aromatic heterocycles. The predicted octanol–water partition coefficient (Wildman–Crippen LogP) is 4.59. The first kappa shape index (κ1) is 16.5. The van der Waals surface area contributed by atoms with Gasteiger partial charge in [0.1, 0.15) is 5.82 Å². The molecule has 0 saturated carbocycles. The van der Waals surface area contributed by atoms with Crippen molar-refractivity contribution in [3.8, 4) is 0 Å².